The summed E-state index contributed by atoms with van der Waals surface area (Å²) in [7, 11) is 0. The normalized spacial score (nSPS) is 19.9. The molecule has 0 saturated carbocycles. The van der Waals surface area contributed by atoms with Gasteiger partial charge in [0.2, 0.25) is 0 Å². The lowest BCUT2D eigenvalue weighted by Crippen LogP contribution is -2.27. The van der Waals surface area contributed by atoms with Gasteiger partial charge in [-0.25, -0.2) is 4.79 Å². The van der Waals surface area contributed by atoms with Crippen molar-refractivity contribution in [1.29, 1.82) is 0 Å². The summed E-state index contributed by atoms with van der Waals surface area (Å²) >= 11 is 0. The topological polar surface area (TPSA) is 140 Å². The Labute approximate surface area is 235 Å². The van der Waals surface area contributed by atoms with Crippen LogP contribution in [0.5, 0.6) is 0 Å². The molecule has 2 amide bonds. The fourth-order valence-corrected chi connectivity index (χ4v) is 5.31. The van der Waals surface area contributed by atoms with Crippen molar-refractivity contribution in [2.24, 2.45) is 23.7 Å². The molecule has 2 aromatic carbocycles. The lowest BCUT2D eigenvalue weighted by molar-refractivity contribution is -0.144. The Bertz CT molecular complexity index is 1010. The van der Waals surface area contributed by atoms with Crippen LogP contribution in [0.15, 0.2) is 48.5 Å². The minimum absolute atomic E-state index is 0. The molecule has 38 heavy (non-hydrogen) atoms. The van der Waals surface area contributed by atoms with Gasteiger partial charge in [0.15, 0.2) is 0 Å². The van der Waals surface area contributed by atoms with Crippen LogP contribution in [0.2, 0.25) is 0 Å². The Balaban J connectivity index is 0.00000253. The lowest BCUT2D eigenvalue weighted by Gasteiger charge is -2.19. The van der Waals surface area contributed by atoms with Crippen LogP contribution >= 0.6 is 24.8 Å². The van der Waals surface area contributed by atoms with Crippen LogP contribution in [0, 0.1) is 23.7 Å². The summed E-state index contributed by atoms with van der Waals surface area (Å²) in [5, 5.41) is 31.5. The molecule has 2 heterocycles. The molecule has 2 aliphatic rings. The molecule has 4 atom stereocenters. The summed E-state index contributed by atoms with van der Waals surface area (Å²) in [6, 6.07) is 14.1. The lowest BCUT2D eigenvalue weighted by atomic mass is 9.86. The predicted octanol–water partition coefficient (Wildman–Crippen LogP) is 3.88. The highest BCUT2D eigenvalue weighted by Gasteiger charge is 2.31. The maximum Gasteiger partial charge on any atom is 0.323 e. The zero-order valence-corrected chi connectivity index (χ0v) is 22.7. The number of carbonyl (C=O) groups excluding carboxylic acids is 1. The van der Waals surface area contributed by atoms with Crippen molar-refractivity contribution in [2.75, 3.05) is 36.8 Å². The summed E-state index contributed by atoms with van der Waals surface area (Å²) in [6.07, 6.45) is 2.51. The van der Waals surface area contributed by atoms with Gasteiger partial charge >= 0.3 is 18.0 Å². The molecule has 2 aliphatic heterocycles. The number of hydrogen-bond acceptors (Lipinski definition) is 5. The maximum atomic E-state index is 12.7. The van der Waals surface area contributed by atoms with E-state index in [1.807, 2.05) is 12.1 Å². The largest absolute Gasteiger partial charge is 0.481 e. The number of aliphatic carboxylic acids is 2. The van der Waals surface area contributed by atoms with Gasteiger partial charge in [-0.3, -0.25) is 9.59 Å². The minimum Gasteiger partial charge on any atom is -0.481 e. The number of anilines is 2. The molecular weight excluding hydrogens is 531 g/mol. The summed E-state index contributed by atoms with van der Waals surface area (Å²) in [5.74, 6) is -2.34. The molecule has 9 nitrogen and oxygen atoms in total. The monoisotopic (exact) mass is 566 g/mol. The van der Waals surface area contributed by atoms with Gasteiger partial charge in [0.25, 0.3) is 0 Å². The fourth-order valence-electron chi connectivity index (χ4n) is 5.31. The minimum atomic E-state index is -0.797. The van der Waals surface area contributed by atoms with Gasteiger partial charge in [-0.2, -0.15) is 0 Å². The Hall–Kier alpha value is -2.85. The van der Waals surface area contributed by atoms with E-state index < -0.39 is 29.8 Å². The van der Waals surface area contributed by atoms with Gasteiger partial charge in [0, 0.05) is 11.4 Å². The molecule has 0 spiro atoms. The van der Waals surface area contributed by atoms with E-state index in [4.69, 9.17) is 0 Å². The first kappa shape index (κ1) is 31.4. The summed E-state index contributed by atoms with van der Waals surface area (Å²) in [4.78, 5) is 36.3. The van der Waals surface area contributed by atoms with Crippen LogP contribution in [0.1, 0.15) is 24.0 Å². The third-order valence-electron chi connectivity index (χ3n) is 7.25. The number of benzene rings is 2. The smallest absolute Gasteiger partial charge is 0.323 e. The molecule has 0 aromatic heterocycles. The molecule has 4 rings (SSSR count). The van der Waals surface area contributed by atoms with E-state index in [0.29, 0.717) is 37.3 Å². The summed E-state index contributed by atoms with van der Waals surface area (Å²) in [6.45, 7) is 3.10. The SMILES string of the molecule is Cl.Cl.O=C(Nc1cccc(C[C@H](C(=O)O)[C@H]2CCNC2)c1)Nc1cccc(C[C@H](C(=O)O)[C@H]2CCNC2)c1. The third kappa shape index (κ3) is 8.59. The molecule has 2 saturated heterocycles. The highest BCUT2D eigenvalue weighted by Crippen LogP contribution is 2.26. The number of halogens is 2. The molecule has 0 radical (unpaired) electrons. The average molecular weight is 568 g/mol. The highest BCUT2D eigenvalue weighted by atomic mass is 35.5. The van der Waals surface area contributed by atoms with Gasteiger partial charge in [-0.15, -0.1) is 24.8 Å². The average Bonchev–Trinajstić information content (AvgIpc) is 3.56. The number of nitrogens with one attached hydrogen (secondary N) is 4. The van der Waals surface area contributed by atoms with Gasteiger partial charge < -0.3 is 31.5 Å². The van der Waals surface area contributed by atoms with E-state index in [0.717, 1.165) is 37.1 Å². The van der Waals surface area contributed by atoms with E-state index in [9.17, 15) is 24.6 Å². The van der Waals surface area contributed by atoms with Crippen molar-refractivity contribution in [3.05, 3.63) is 59.7 Å². The van der Waals surface area contributed by atoms with Crippen molar-refractivity contribution < 1.29 is 24.6 Å². The zero-order valence-electron chi connectivity index (χ0n) is 21.0. The quantitative estimate of drug-likeness (QED) is 0.256. The Morgan fingerprint density at radius 2 is 1.18 bits per heavy atom. The van der Waals surface area contributed by atoms with Crippen LogP contribution in [-0.2, 0) is 22.4 Å². The number of carboxylic acid groups (broad SMARTS) is 2. The van der Waals surface area contributed by atoms with Gasteiger partial charge in [0.1, 0.15) is 0 Å². The van der Waals surface area contributed by atoms with E-state index in [2.05, 4.69) is 21.3 Å². The molecular formula is C27H36Cl2N4O5. The summed E-state index contributed by atoms with van der Waals surface area (Å²) < 4.78 is 0. The summed E-state index contributed by atoms with van der Waals surface area (Å²) in [5.41, 5.74) is 2.87. The first-order valence-electron chi connectivity index (χ1n) is 12.5. The second kappa shape index (κ2) is 14.9. The van der Waals surface area contributed by atoms with Crippen molar-refractivity contribution in [3.8, 4) is 0 Å². The molecule has 0 bridgehead atoms. The first-order chi connectivity index (χ1) is 17.4. The Morgan fingerprint density at radius 1 is 0.763 bits per heavy atom. The number of carbonyl (C=O) groups is 3. The number of carboxylic acids is 2. The standard InChI is InChI=1S/C27H34N4O5.2ClH/c32-25(33)23(19-7-9-28-15-19)13-17-3-1-5-21(11-17)30-27(36)31-22-6-2-4-18(12-22)14-24(26(34)35)20-8-10-29-16-20;;/h1-6,11-12,19-20,23-24,28-29H,7-10,13-16H2,(H,32,33)(H,34,35)(H2,30,31,36);2*1H/t19-,20-,23-,24-;;/m0../s1. The number of amides is 2. The molecule has 2 aromatic rings. The van der Waals surface area contributed by atoms with Gasteiger partial charge in [-0.1, -0.05) is 24.3 Å². The van der Waals surface area contributed by atoms with E-state index in [-0.39, 0.29) is 36.6 Å². The van der Waals surface area contributed by atoms with Crippen molar-refractivity contribution in [1.82, 2.24) is 10.6 Å². The Morgan fingerprint density at radius 3 is 1.53 bits per heavy atom. The molecule has 6 N–H and O–H groups in total. The maximum absolute atomic E-state index is 12.7. The molecule has 0 unspecified atom stereocenters. The van der Waals surface area contributed by atoms with E-state index in [1.54, 1.807) is 36.4 Å². The van der Waals surface area contributed by atoms with Gasteiger partial charge in [-0.05, 0) is 99.1 Å². The second-order valence-corrected chi connectivity index (χ2v) is 9.78. The van der Waals surface area contributed by atoms with Crippen LogP contribution in [0.3, 0.4) is 0 Å². The van der Waals surface area contributed by atoms with E-state index in [1.165, 1.54) is 0 Å². The first-order valence-corrected chi connectivity index (χ1v) is 12.5. The molecule has 11 heteroatoms. The molecule has 0 aliphatic carbocycles. The van der Waals surface area contributed by atoms with Crippen LogP contribution in [-0.4, -0.2) is 54.4 Å². The number of rotatable bonds is 10. The highest BCUT2D eigenvalue weighted by molar-refractivity contribution is 5.99. The van der Waals surface area contributed by atoms with Gasteiger partial charge in [0.05, 0.1) is 11.8 Å². The molecule has 208 valence electrons. The Kier molecular flexibility index (Phi) is 12.3. The van der Waals surface area contributed by atoms with Crippen molar-refractivity contribution >= 4 is 54.2 Å². The van der Waals surface area contributed by atoms with Crippen molar-refractivity contribution in [3.63, 3.8) is 0 Å². The molecule has 2 fully saturated rings. The fraction of sp³-hybridized carbons (Fsp3) is 0.444. The third-order valence-corrected chi connectivity index (χ3v) is 7.25. The van der Waals surface area contributed by atoms with Crippen LogP contribution in [0.4, 0.5) is 16.2 Å². The second-order valence-electron chi connectivity index (χ2n) is 9.78. The number of hydrogen-bond donors (Lipinski definition) is 6. The van der Waals surface area contributed by atoms with E-state index >= 15 is 0 Å². The number of urea groups is 1. The predicted molar refractivity (Wildman–Crippen MR) is 152 cm³/mol. The zero-order chi connectivity index (χ0) is 25.5. The van der Waals surface area contributed by atoms with Crippen molar-refractivity contribution in [2.45, 2.75) is 25.7 Å². The van der Waals surface area contributed by atoms with Crippen LogP contribution in [0.25, 0.3) is 0 Å². The van der Waals surface area contributed by atoms with Crippen LogP contribution < -0.4 is 21.3 Å².